The lowest BCUT2D eigenvalue weighted by Gasteiger charge is -2.40. The molecule has 0 radical (unpaired) electrons. The molecule has 4 aliphatic rings. The first kappa shape index (κ1) is 37.1. The smallest absolute Gasteiger partial charge is 0.109 e. The molecule has 45 heavy (non-hydrogen) atoms. The van der Waals surface area contributed by atoms with Crippen LogP contribution < -0.4 is 0 Å². The van der Waals surface area contributed by atoms with Crippen LogP contribution in [-0.2, 0) is 33.2 Å². The van der Waals surface area contributed by atoms with Crippen molar-refractivity contribution in [3.05, 3.63) is 0 Å². The summed E-state index contributed by atoms with van der Waals surface area (Å²) in [6.07, 6.45) is -13.1. The summed E-state index contributed by atoms with van der Waals surface area (Å²) < 4.78 is 38.9. The van der Waals surface area contributed by atoms with Gasteiger partial charge in [0.1, 0.15) is 48.8 Å². The summed E-state index contributed by atoms with van der Waals surface area (Å²) in [6, 6.07) is 0. The SMILES string of the molecule is OC[C@@H]1CO[C@@H](COC[C@@H]2CO[C@@H](COC[C@@H]3CO[C@@H](COC[C@@H]4CO[C@@H](CO)C(O)[C@@H]4O)C(O)[C@@H]3O)C(O)[C@@H]2O)C(O)[C@@H]1O. The van der Waals surface area contributed by atoms with Gasteiger partial charge in [-0.2, -0.15) is 0 Å². The molecule has 4 rings (SSSR count). The highest BCUT2D eigenvalue weighted by Gasteiger charge is 2.43. The van der Waals surface area contributed by atoms with Crippen LogP contribution in [0.3, 0.4) is 0 Å². The molecule has 0 aromatic carbocycles. The van der Waals surface area contributed by atoms with Gasteiger partial charge in [0.25, 0.3) is 0 Å². The molecule has 4 saturated heterocycles. The lowest BCUT2D eigenvalue weighted by atomic mass is 9.92. The highest BCUT2D eigenvalue weighted by Crippen LogP contribution is 2.26. The molecule has 4 unspecified atom stereocenters. The third kappa shape index (κ3) is 9.27. The lowest BCUT2D eigenvalue weighted by molar-refractivity contribution is -0.213. The highest BCUT2D eigenvalue weighted by molar-refractivity contribution is 4.91. The zero-order valence-electron chi connectivity index (χ0n) is 25.1. The van der Waals surface area contributed by atoms with Crippen molar-refractivity contribution in [2.24, 2.45) is 23.7 Å². The molecule has 4 fully saturated rings. The first-order valence-corrected chi connectivity index (χ1v) is 15.4. The number of hydrogen-bond acceptors (Lipinski definition) is 17. The molecule has 264 valence electrons. The highest BCUT2D eigenvalue weighted by atomic mass is 16.6. The summed E-state index contributed by atoms with van der Waals surface area (Å²) >= 11 is 0. The van der Waals surface area contributed by atoms with Crippen LogP contribution in [0.4, 0.5) is 0 Å². The van der Waals surface area contributed by atoms with Crippen LogP contribution in [0.2, 0.25) is 0 Å². The molecule has 17 heteroatoms. The average molecular weight is 659 g/mol. The number of hydrogen-bond donors (Lipinski definition) is 10. The second-order valence-electron chi connectivity index (χ2n) is 12.4. The molecular weight excluding hydrogens is 608 g/mol. The Kier molecular flexibility index (Phi) is 14.6. The average Bonchev–Trinajstić information content (AvgIpc) is 3.03. The van der Waals surface area contributed by atoms with Gasteiger partial charge in [-0.05, 0) is 0 Å². The molecule has 10 N–H and O–H groups in total. The monoisotopic (exact) mass is 658 g/mol. The summed E-state index contributed by atoms with van der Waals surface area (Å²) in [5.41, 5.74) is 0. The van der Waals surface area contributed by atoms with Gasteiger partial charge in [0.15, 0.2) is 0 Å². The molecule has 0 aromatic rings. The Morgan fingerprint density at radius 2 is 0.644 bits per heavy atom. The molecular formula is C28H50O17. The van der Waals surface area contributed by atoms with E-state index in [1.807, 2.05) is 0 Å². The topological polar surface area (TPSA) is 267 Å². The zero-order chi connectivity index (χ0) is 32.7. The normalized spacial score (nSPS) is 46.3. The second kappa shape index (κ2) is 17.6. The van der Waals surface area contributed by atoms with Crippen molar-refractivity contribution in [1.82, 2.24) is 0 Å². The fraction of sp³-hybridized carbons (Fsp3) is 1.00. The predicted octanol–water partition coefficient (Wildman–Crippen LogP) is -6.03. The van der Waals surface area contributed by atoms with Gasteiger partial charge >= 0.3 is 0 Å². The standard InChI is InChI=1S/C28H50O17/c29-1-13-6-43-18(26(36)21(13)31)10-40-4-15-8-45-20(28(38)23(15)33)12-41-5-16-9-44-19(27(37)24(16)34)11-39-3-14-7-42-17(2-30)25(35)22(14)32/h13-38H,1-12H2/t13-,14-,15-,16-,17+,18+,19+,20+,21-,22-,23-,24-,25?,26?,27?,28?/m1/s1. The van der Waals surface area contributed by atoms with Crippen molar-refractivity contribution in [2.75, 3.05) is 79.3 Å². The first-order valence-electron chi connectivity index (χ1n) is 15.4. The van der Waals surface area contributed by atoms with E-state index in [9.17, 15) is 46.0 Å². The van der Waals surface area contributed by atoms with Gasteiger partial charge in [-0.3, -0.25) is 0 Å². The number of aliphatic hydroxyl groups excluding tert-OH is 10. The molecule has 16 atom stereocenters. The summed E-state index contributed by atoms with van der Waals surface area (Å²) in [5.74, 6) is -2.30. The summed E-state index contributed by atoms with van der Waals surface area (Å²) in [7, 11) is 0. The van der Waals surface area contributed by atoms with Crippen LogP contribution in [0, 0.1) is 23.7 Å². The summed E-state index contributed by atoms with van der Waals surface area (Å²) in [4.78, 5) is 0. The van der Waals surface area contributed by atoms with Crippen LogP contribution in [0.15, 0.2) is 0 Å². The minimum Gasteiger partial charge on any atom is -0.396 e. The van der Waals surface area contributed by atoms with Gasteiger partial charge in [-0.15, -0.1) is 0 Å². The van der Waals surface area contributed by atoms with E-state index in [0.29, 0.717) is 0 Å². The van der Waals surface area contributed by atoms with E-state index in [2.05, 4.69) is 0 Å². The maximum absolute atomic E-state index is 10.6. The maximum atomic E-state index is 10.6. The maximum Gasteiger partial charge on any atom is 0.109 e. The number of aliphatic hydroxyl groups is 10. The Labute approximate surface area is 260 Å². The molecule has 0 spiro atoms. The van der Waals surface area contributed by atoms with Gasteiger partial charge in [-0.1, -0.05) is 0 Å². The minimum atomic E-state index is -1.29. The van der Waals surface area contributed by atoms with Gasteiger partial charge in [0.2, 0.25) is 0 Å². The van der Waals surface area contributed by atoms with Gasteiger partial charge < -0.3 is 84.2 Å². The minimum absolute atomic E-state index is 0.00212. The first-order chi connectivity index (χ1) is 21.6. The second-order valence-corrected chi connectivity index (χ2v) is 12.4. The molecule has 0 bridgehead atoms. The summed E-state index contributed by atoms with van der Waals surface area (Å²) in [6.45, 7) is -0.781. The van der Waals surface area contributed by atoms with Crippen LogP contribution >= 0.6 is 0 Å². The Bertz CT molecular complexity index is 790. The van der Waals surface area contributed by atoms with Gasteiger partial charge in [0, 0.05) is 23.7 Å². The molecule has 4 heterocycles. The molecule has 0 amide bonds. The third-order valence-electron chi connectivity index (χ3n) is 9.21. The van der Waals surface area contributed by atoms with Gasteiger partial charge in [-0.25, -0.2) is 0 Å². The van der Waals surface area contributed by atoms with Crippen LogP contribution in [0.1, 0.15) is 0 Å². The van der Waals surface area contributed by atoms with Crippen molar-refractivity contribution in [3.8, 4) is 0 Å². The van der Waals surface area contributed by atoms with Crippen LogP contribution in [-0.4, -0.2) is 204 Å². The van der Waals surface area contributed by atoms with E-state index in [1.165, 1.54) is 0 Å². The fourth-order valence-electron chi connectivity index (χ4n) is 5.98. The molecule has 4 aliphatic heterocycles. The Morgan fingerprint density at radius 3 is 0.978 bits per heavy atom. The Hall–Kier alpha value is -0.680. The quantitative estimate of drug-likeness (QED) is 0.0832. The predicted molar refractivity (Wildman–Crippen MR) is 148 cm³/mol. The van der Waals surface area contributed by atoms with Crippen molar-refractivity contribution >= 4 is 0 Å². The third-order valence-corrected chi connectivity index (χ3v) is 9.21. The largest absolute Gasteiger partial charge is 0.396 e. The Morgan fingerprint density at radius 1 is 0.356 bits per heavy atom. The molecule has 0 aliphatic carbocycles. The van der Waals surface area contributed by atoms with Gasteiger partial charge in [0.05, 0.1) is 104 Å². The van der Waals surface area contributed by atoms with Crippen LogP contribution in [0.5, 0.6) is 0 Å². The van der Waals surface area contributed by atoms with Crippen molar-refractivity contribution in [3.63, 3.8) is 0 Å². The van der Waals surface area contributed by atoms with E-state index in [4.69, 9.17) is 38.3 Å². The van der Waals surface area contributed by atoms with E-state index in [1.54, 1.807) is 0 Å². The molecule has 0 saturated carbocycles. The van der Waals surface area contributed by atoms with E-state index in [0.717, 1.165) is 0 Å². The Balaban J connectivity index is 1.10. The zero-order valence-corrected chi connectivity index (χ0v) is 25.1. The number of rotatable bonds is 14. The fourth-order valence-corrected chi connectivity index (χ4v) is 5.98. The number of ether oxygens (including phenoxy) is 7. The van der Waals surface area contributed by atoms with Crippen molar-refractivity contribution < 1.29 is 84.2 Å². The van der Waals surface area contributed by atoms with Crippen molar-refractivity contribution in [2.45, 2.75) is 73.2 Å². The van der Waals surface area contributed by atoms with E-state index in [-0.39, 0.29) is 72.7 Å². The van der Waals surface area contributed by atoms with E-state index < -0.39 is 104 Å². The molecule has 0 aromatic heterocycles. The summed E-state index contributed by atoms with van der Waals surface area (Å²) in [5, 5.41) is 101. The molecule has 17 nitrogen and oxygen atoms in total. The van der Waals surface area contributed by atoms with E-state index >= 15 is 0 Å². The van der Waals surface area contributed by atoms with Crippen molar-refractivity contribution in [1.29, 1.82) is 0 Å². The lowest BCUT2D eigenvalue weighted by Crippen LogP contribution is -2.55. The van der Waals surface area contributed by atoms with Crippen LogP contribution in [0.25, 0.3) is 0 Å².